The van der Waals surface area contributed by atoms with Crippen LogP contribution < -0.4 is 10.6 Å². The minimum absolute atomic E-state index is 0.0292. The molecule has 2 aliphatic heterocycles. The zero-order chi connectivity index (χ0) is 13.3. The van der Waals surface area contributed by atoms with Crippen LogP contribution >= 0.6 is 0 Å². The summed E-state index contributed by atoms with van der Waals surface area (Å²) in [6.45, 7) is 1.67. The van der Waals surface area contributed by atoms with E-state index in [1.807, 2.05) is 4.90 Å². The Morgan fingerprint density at radius 2 is 1.95 bits per heavy atom. The highest BCUT2D eigenvalue weighted by Gasteiger charge is 2.40. The number of amides is 2. The van der Waals surface area contributed by atoms with Gasteiger partial charge in [0.1, 0.15) is 0 Å². The number of piperidine rings is 1. The first kappa shape index (κ1) is 12.1. The predicted octanol–water partition coefficient (Wildman–Crippen LogP) is -0.267. The van der Waals surface area contributed by atoms with Crippen molar-refractivity contribution >= 4 is 11.8 Å². The molecule has 1 aromatic rings. The van der Waals surface area contributed by atoms with Crippen LogP contribution in [0.3, 0.4) is 0 Å². The highest BCUT2D eigenvalue weighted by Crippen LogP contribution is 2.23. The molecule has 2 saturated heterocycles. The second-order valence-electron chi connectivity index (χ2n) is 5.01. The summed E-state index contributed by atoms with van der Waals surface area (Å²) in [5.74, 6) is 0.0653. The van der Waals surface area contributed by atoms with Crippen LogP contribution in [0.15, 0.2) is 24.5 Å². The average molecular weight is 260 g/mol. The minimum atomic E-state index is -0.299. The van der Waals surface area contributed by atoms with Crippen molar-refractivity contribution < 1.29 is 9.59 Å². The summed E-state index contributed by atoms with van der Waals surface area (Å²) in [7, 11) is 0. The molecule has 2 aliphatic rings. The van der Waals surface area contributed by atoms with E-state index in [2.05, 4.69) is 15.6 Å². The first-order chi connectivity index (χ1) is 9.19. The first-order valence-corrected chi connectivity index (χ1v) is 6.44. The first-order valence-electron chi connectivity index (χ1n) is 6.44. The minimum Gasteiger partial charge on any atom is -0.338 e. The lowest BCUT2D eigenvalue weighted by Crippen LogP contribution is -2.57. The van der Waals surface area contributed by atoms with Crippen LogP contribution in [0.4, 0.5) is 0 Å². The Balaban J connectivity index is 1.64. The van der Waals surface area contributed by atoms with Gasteiger partial charge in [0.05, 0.1) is 12.2 Å². The lowest BCUT2D eigenvalue weighted by Gasteiger charge is -2.39. The summed E-state index contributed by atoms with van der Waals surface area (Å²) in [5, 5.41) is 6.18. The third kappa shape index (κ3) is 2.31. The number of nitrogens with zero attached hydrogens (tertiary/aromatic N) is 2. The number of rotatable bonds is 1. The molecule has 0 radical (unpaired) electrons. The van der Waals surface area contributed by atoms with Crippen molar-refractivity contribution in [2.75, 3.05) is 19.6 Å². The third-order valence-corrected chi connectivity index (χ3v) is 3.80. The van der Waals surface area contributed by atoms with E-state index in [-0.39, 0.29) is 17.5 Å². The molecule has 6 heteroatoms. The monoisotopic (exact) mass is 260 g/mol. The lowest BCUT2D eigenvalue weighted by atomic mass is 9.97. The molecule has 0 atom stereocenters. The molecule has 0 aromatic carbocycles. The van der Waals surface area contributed by atoms with E-state index in [1.54, 1.807) is 24.5 Å². The van der Waals surface area contributed by atoms with Gasteiger partial charge in [-0.2, -0.15) is 0 Å². The molecule has 0 aliphatic carbocycles. The number of hydrogen-bond donors (Lipinski definition) is 2. The van der Waals surface area contributed by atoms with Crippen LogP contribution in [-0.2, 0) is 4.79 Å². The number of carbonyl (C=O) groups excluding carboxylic acids is 2. The van der Waals surface area contributed by atoms with Crippen molar-refractivity contribution in [2.24, 2.45) is 0 Å². The largest absolute Gasteiger partial charge is 0.338 e. The average Bonchev–Trinajstić information content (AvgIpc) is 2.81. The second kappa shape index (κ2) is 4.62. The highest BCUT2D eigenvalue weighted by atomic mass is 16.2. The number of carbonyl (C=O) groups is 2. The summed E-state index contributed by atoms with van der Waals surface area (Å²) in [6, 6.07) is 3.45. The van der Waals surface area contributed by atoms with Crippen molar-refractivity contribution in [2.45, 2.75) is 18.5 Å². The Labute approximate surface area is 111 Å². The van der Waals surface area contributed by atoms with E-state index in [0.717, 1.165) is 12.8 Å². The fourth-order valence-electron chi connectivity index (χ4n) is 2.68. The molecule has 2 N–H and O–H groups in total. The SMILES string of the molecule is O=C1CNC2(CCN(C(=O)c3ccncc3)CC2)N1. The fraction of sp³-hybridized carbons (Fsp3) is 0.462. The van der Waals surface area contributed by atoms with Crippen LogP contribution in [0.2, 0.25) is 0 Å². The van der Waals surface area contributed by atoms with Crippen LogP contribution in [0.1, 0.15) is 23.2 Å². The van der Waals surface area contributed by atoms with Gasteiger partial charge >= 0.3 is 0 Å². The predicted molar refractivity (Wildman–Crippen MR) is 68.3 cm³/mol. The molecule has 3 rings (SSSR count). The Kier molecular flexibility index (Phi) is 2.94. The zero-order valence-electron chi connectivity index (χ0n) is 10.6. The van der Waals surface area contributed by atoms with Crippen LogP contribution in [0, 0.1) is 0 Å². The molecule has 0 unspecified atom stereocenters. The lowest BCUT2D eigenvalue weighted by molar-refractivity contribution is -0.119. The Hall–Kier alpha value is -1.95. The van der Waals surface area contributed by atoms with Gasteiger partial charge in [-0.05, 0) is 12.1 Å². The smallest absolute Gasteiger partial charge is 0.253 e. The van der Waals surface area contributed by atoms with Crippen molar-refractivity contribution in [1.82, 2.24) is 20.5 Å². The highest BCUT2D eigenvalue weighted by molar-refractivity contribution is 5.94. The second-order valence-corrected chi connectivity index (χ2v) is 5.01. The quantitative estimate of drug-likeness (QED) is 0.729. The van der Waals surface area contributed by atoms with E-state index in [9.17, 15) is 9.59 Å². The standard InChI is InChI=1S/C13H16N4O2/c18-11-9-15-13(16-11)3-7-17(8-4-13)12(19)10-1-5-14-6-2-10/h1-2,5-6,15H,3-4,7-9H2,(H,16,18). The van der Waals surface area contributed by atoms with Gasteiger partial charge in [-0.3, -0.25) is 19.9 Å². The maximum absolute atomic E-state index is 12.3. The van der Waals surface area contributed by atoms with Crippen LogP contribution in [-0.4, -0.2) is 47.0 Å². The van der Waals surface area contributed by atoms with E-state index in [1.165, 1.54) is 0 Å². The van der Waals surface area contributed by atoms with Gasteiger partial charge in [0.15, 0.2) is 0 Å². The Bertz CT molecular complexity index is 495. The van der Waals surface area contributed by atoms with Gasteiger partial charge in [0, 0.05) is 43.9 Å². The van der Waals surface area contributed by atoms with Crippen LogP contribution in [0.5, 0.6) is 0 Å². The van der Waals surface area contributed by atoms with Crippen molar-refractivity contribution in [3.05, 3.63) is 30.1 Å². The van der Waals surface area contributed by atoms with E-state index >= 15 is 0 Å². The normalized spacial score (nSPS) is 21.5. The van der Waals surface area contributed by atoms with Gasteiger partial charge in [0.25, 0.3) is 5.91 Å². The number of hydrogen-bond acceptors (Lipinski definition) is 4. The number of pyridine rings is 1. The summed E-state index contributed by atoms with van der Waals surface area (Å²) >= 11 is 0. The molecular formula is C13H16N4O2. The molecule has 19 heavy (non-hydrogen) atoms. The summed E-state index contributed by atoms with van der Waals surface area (Å²) in [5.41, 5.74) is 0.362. The molecule has 6 nitrogen and oxygen atoms in total. The zero-order valence-corrected chi connectivity index (χ0v) is 10.6. The van der Waals surface area contributed by atoms with Crippen molar-refractivity contribution in [3.8, 4) is 0 Å². The van der Waals surface area contributed by atoms with Crippen molar-refractivity contribution in [3.63, 3.8) is 0 Å². The number of nitrogens with one attached hydrogen (secondary N) is 2. The van der Waals surface area contributed by atoms with Gasteiger partial charge in [-0.15, -0.1) is 0 Å². The number of likely N-dealkylation sites (tertiary alicyclic amines) is 1. The maximum atomic E-state index is 12.3. The molecule has 3 heterocycles. The summed E-state index contributed by atoms with van der Waals surface area (Å²) in [4.78, 5) is 29.3. The molecule has 2 amide bonds. The summed E-state index contributed by atoms with van der Waals surface area (Å²) < 4.78 is 0. The maximum Gasteiger partial charge on any atom is 0.253 e. The molecule has 100 valence electrons. The Morgan fingerprint density at radius 1 is 1.26 bits per heavy atom. The van der Waals surface area contributed by atoms with Crippen LogP contribution in [0.25, 0.3) is 0 Å². The molecule has 0 saturated carbocycles. The van der Waals surface area contributed by atoms with Gasteiger partial charge in [-0.1, -0.05) is 0 Å². The summed E-state index contributed by atoms with van der Waals surface area (Å²) in [6.07, 6.45) is 4.74. The third-order valence-electron chi connectivity index (χ3n) is 3.80. The van der Waals surface area contributed by atoms with E-state index in [4.69, 9.17) is 0 Å². The van der Waals surface area contributed by atoms with E-state index in [0.29, 0.717) is 25.2 Å². The molecule has 0 bridgehead atoms. The molecule has 2 fully saturated rings. The molecule has 1 spiro atoms. The van der Waals surface area contributed by atoms with Gasteiger partial charge in [0.2, 0.25) is 5.91 Å². The fourth-order valence-corrected chi connectivity index (χ4v) is 2.68. The number of aromatic nitrogens is 1. The topological polar surface area (TPSA) is 74.3 Å². The van der Waals surface area contributed by atoms with Gasteiger partial charge < -0.3 is 10.2 Å². The molecule has 1 aromatic heterocycles. The van der Waals surface area contributed by atoms with Gasteiger partial charge in [-0.25, -0.2) is 0 Å². The molecular weight excluding hydrogens is 244 g/mol. The van der Waals surface area contributed by atoms with E-state index < -0.39 is 0 Å². The van der Waals surface area contributed by atoms with Crippen molar-refractivity contribution in [1.29, 1.82) is 0 Å². The Morgan fingerprint density at radius 3 is 2.53 bits per heavy atom.